The quantitative estimate of drug-likeness (QED) is 0.594. The SMILES string of the molecule is CCCCCC[C@H]1C/[N+](=C/c2cccc3ccccc23)N=C1[O-]. The van der Waals surface area contributed by atoms with E-state index in [0.717, 1.165) is 18.4 Å². The van der Waals surface area contributed by atoms with Crippen LogP contribution in [0.15, 0.2) is 47.6 Å². The molecule has 0 radical (unpaired) electrons. The number of hydrazone groups is 1. The summed E-state index contributed by atoms with van der Waals surface area (Å²) in [6.07, 6.45) is 7.79. The van der Waals surface area contributed by atoms with Crippen molar-refractivity contribution in [2.75, 3.05) is 6.54 Å². The standard InChI is InChI=1S/C20H24N2O/c1-2-3-4-5-10-18-15-22(21-20(18)23)14-17-12-8-11-16-9-6-7-13-19(16)17/h6-9,11-14,18H,2-5,10,15H2,1H3/b22-14-/t18-/m0/s1. The lowest BCUT2D eigenvalue weighted by Gasteiger charge is -2.10. The summed E-state index contributed by atoms with van der Waals surface area (Å²) in [5, 5.41) is 18.7. The van der Waals surface area contributed by atoms with Gasteiger partial charge in [0.05, 0.1) is 5.92 Å². The van der Waals surface area contributed by atoms with E-state index in [2.05, 4.69) is 36.3 Å². The Bertz CT molecular complexity index is 728. The van der Waals surface area contributed by atoms with E-state index in [1.165, 1.54) is 30.0 Å². The Kier molecular flexibility index (Phi) is 5.06. The zero-order chi connectivity index (χ0) is 16.1. The number of rotatable bonds is 6. The third-order valence-corrected chi connectivity index (χ3v) is 4.50. The van der Waals surface area contributed by atoms with Crippen molar-refractivity contribution in [3.8, 4) is 0 Å². The van der Waals surface area contributed by atoms with E-state index in [4.69, 9.17) is 0 Å². The van der Waals surface area contributed by atoms with Gasteiger partial charge in [0.15, 0.2) is 6.54 Å². The Morgan fingerprint density at radius 2 is 1.96 bits per heavy atom. The van der Waals surface area contributed by atoms with Gasteiger partial charge < -0.3 is 5.11 Å². The van der Waals surface area contributed by atoms with E-state index in [9.17, 15) is 5.11 Å². The van der Waals surface area contributed by atoms with Crippen LogP contribution in [-0.2, 0) is 0 Å². The van der Waals surface area contributed by atoms with Gasteiger partial charge in [-0.25, -0.2) is 0 Å². The minimum Gasteiger partial charge on any atom is -0.857 e. The molecule has 0 N–H and O–H groups in total. The number of benzene rings is 2. The highest BCUT2D eigenvalue weighted by atomic mass is 16.3. The molecule has 3 heteroatoms. The van der Waals surface area contributed by atoms with Crippen LogP contribution >= 0.6 is 0 Å². The normalized spacial score (nSPS) is 19.4. The van der Waals surface area contributed by atoms with Crippen LogP contribution in [0.25, 0.3) is 10.8 Å². The molecule has 1 aliphatic heterocycles. The van der Waals surface area contributed by atoms with Crippen LogP contribution in [0.1, 0.15) is 44.6 Å². The fourth-order valence-corrected chi connectivity index (χ4v) is 3.19. The summed E-state index contributed by atoms with van der Waals surface area (Å²) in [5.74, 6) is 0.107. The van der Waals surface area contributed by atoms with Crippen LogP contribution in [0.2, 0.25) is 0 Å². The first-order chi connectivity index (χ1) is 11.3. The highest BCUT2D eigenvalue weighted by molar-refractivity contribution is 5.98. The molecule has 3 nitrogen and oxygen atoms in total. The second kappa shape index (κ2) is 7.40. The van der Waals surface area contributed by atoms with E-state index in [-0.39, 0.29) is 11.8 Å². The van der Waals surface area contributed by atoms with Crippen molar-refractivity contribution in [3.63, 3.8) is 0 Å². The summed E-state index contributed by atoms with van der Waals surface area (Å²) < 4.78 is 1.83. The van der Waals surface area contributed by atoms with E-state index in [0.29, 0.717) is 6.54 Å². The lowest BCUT2D eigenvalue weighted by atomic mass is 10.0. The van der Waals surface area contributed by atoms with Gasteiger partial charge in [-0.2, -0.15) is 0 Å². The Morgan fingerprint density at radius 1 is 1.13 bits per heavy atom. The third kappa shape index (κ3) is 3.79. The fraction of sp³-hybridized carbons (Fsp3) is 0.400. The second-order valence-electron chi connectivity index (χ2n) is 6.30. The molecular weight excluding hydrogens is 284 g/mol. The van der Waals surface area contributed by atoms with Gasteiger partial charge in [-0.1, -0.05) is 73.7 Å². The van der Waals surface area contributed by atoms with E-state index < -0.39 is 0 Å². The summed E-state index contributed by atoms with van der Waals surface area (Å²) >= 11 is 0. The molecule has 0 bridgehead atoms. The van der Waals surface area contributed by atoms with Crippen LogP contribution in [0.5, 0.6) is 0 Å². The monoisotopic (exact) mass is 308 g/mol. The Balaban J connectivity index is 1.73. The molecule has 2 aromatic carbocycles. The van der Waals surface area contributed by atoms with Crippen molar-refractivity contribution >= 4 is 22.9 Å². The van der Waals surface area contributed by atoms with Gasteiger partial charge in [0.2, 0.25) is 6.21 Å². The van der Waals surface area contributed by atoms with Crippen LogP contribution < -0.4 is 5.11 Å². The van der Waals surface area contributed by atoms with E-state index >= 15 is 0 Å². The number of nitrogens with zero attached hydrogens (tertiary/aromatic N) is 2. The maximum atomic E-state index is 12.1. The fourth-order valence-electron chi connectivity index (χ4n) is 3.19. The zero-order valence-corrected chi connectivity index (χ0v) is 13.7. The molecular formula is C20H24N2O. The first-order valence-corrected chi connectivity index (χ1v) is 8.62. The Hall–Kier alpha value is -2.16. The van der Waals surface area contributed by atoms with Crippen molar-refractivity contribution in [2.45, 2.75) is 39.0 Å². The van der Waals surface area contributed by atoms with Gasteiger partial charge in [0, 0.05) is 11.5 Å². The van der Waals surface area contributed by atoms with Crippen LogP contribution in [0.4, 0.5) is 0 Å². The average molecular weight is 308 g/mol. The van der Waals surface area contributed by atoms with Gasteiger partial charge in [0.25, 0.3) is 0 Å². The van der Waals surface area contributed by atoms with Crippen molar-refractivity contribution < 1.29 is 9.79 Å². The van der Waals surface area contributed by atoms with Crippen molar-refractivity contribution in [1.29, 1.82) is 0 Å². The molecule has 0 fully saturated rings. The molecule has 1 aliphatic rings. The molecule has 1 atom stereocenters. The van der Waals surface area contributed by atoms with Crippen LogP contribution in [-0.4, -0.2) is 23.3 Å². The molecule has 120 valence electrons. The molecule has 0 aliphatic carbocycles. The van der Waals surface area contributed by atoms with Crippen molar-refractivity contribution in [1.82, 2.24) is 0 Å². The third-order valence-electron chi connectivity index (χ3n) is 4.50. The molecule has 3 rings (SSSR count). The smallest absolute Gasteiger partial charge is 0.204 e. The van der Waals surface area contributed by atoms with Crippen LogP contribution in [0.3, 0.4) is 0 Å². The maximum absolute atomic E-state index is 12.1. The topological polar surface area (TPSA) is 38.4 Å². The number of hydrogen-bond acceptors (Lipinski definition) is 2. The first kappa shape index (κ1) is 15.7. The molecule has 0 spiro atoms. The highest BCUT2D eigenvalue weighted by Crippen LogP contribution is 2.19. The van der Waals surface area contributed by atoms with Gasteiger partial charge in [0.1, 0.15) is 0 Å². The second-order valence-corrected chi connectivity index (χ2v) is 6.30. The lowest BCUT2D eigenvalue weighted by Crippen LogP contribution is -2.25. The Morgan fingerprint density at radius 3 is 2.83 bits per heavy atom. The minimum absolute atomic E-state index is 0.0398. The summed E-state index contributed by atoms with van der Waals surface area (Å²) in [4.78, 5) is 0. The largest absolute Gasteiger partial charge is 0.857 e. The number of hydrogen-bond donors (Lipinski definition) is 0. The van der Waals surface area contributed by atoms with E-state index in [1.54, 1.807) is 0 Å². The van der Waals surface area contributed by atoms with Crippen LogP contribution in [0, 0.1) is 5.92 Å². The molecule has 0 unspecified atom stereocenters. The lowest BCUT2D eigenvalue weighted by molar-refractivity contribution is -0.523. The summed E-state index contributed by atoms with van der Waals surface area (Å²) in [6, 6.07) is 14.5. The highest BCUT2D eigenvalue weighted by Gasteiger charge is 2.24. The van der Waals surface area contributed by atoms with Gasteiger partial charge in [-0.15, -0.1) is 0 Å². The van der Waals surface area contributed by atoms with Crippen molar-refractivity contribution in [2.24, 2.45) is 11.0 Å². The number of fused-ring (bicyclic) bond motifs is 1. The molecule has 0 aromatic heterocycles. The molecule has 0 saturated carbocycles. The summed E-state index contributed by atoms with van der Waals surface area (Å²) in [5.41, 5.74) is 1.12. The first-order valence-electron chi connectivity index (χ1n) is 8.62. The molecule has 0 saturated heterocycles. The predicted molar refractivity (Wildman–Crippen MR) is 93.9 cm³/mol. The van der Waals surface area contributed by atoms with Gasteiger partial charge in [-0.3, -0.25) is 0 Å². The maximum Gasteiger partial charge on any atom is 0.204 e. The predicted octanol–water partition coefficient (Wildman–Crippen LogP) is 3.55. The molecule has 0 amide bonds. The van der Waals surface area contributed by atoms with Crippen molar-refractivity contribution in [3.05, 3.63) is 48.0 Å². The zero-order valence-electron chi connectivity index (χ0n) is 13.7. The molecule has 1 heterocycles. The molecule has 23 heavy (non-hydrogen) atoms. The number of unbranched alkanes of at least 4 members (excludes halogenated alkanes) is 3. The summed E-state index contributed by atoms with van der Waals surface area (Å²) in [7, 11) is 0. The minimum atomic E-state index is 0.0398. The molecule has 2 aromatic rings. The van der Waals surface area contributed by atoms with Gasteiger partial charge in [-0.05, 0) is 28.4 Å². The Labute approximate surface area is 138 Å². The average Bonchev–Trinajstić information content (AvgIpc) is 2.91. The summed E-state index contributed by atoms with van der Waals surface area (Å²) in [6.45, 7) is 2.92. The van der Waals surface area contributed by atoms with Gasteiger partial charge >= 0.3 is 0 Å². The van der Waals surface area contributed by atoms with E-state index in [1.807, 2.05) is 29.1 Å².